The van der Waals surface area contributed by atoms with Crippen LogP contribution in [0.25, 0.3) is 0 Å². The predicted octanol–water partition coefficient (Wildman–Crippen LogP) is 3.00. The van der Waals surface area contributed by atoms with E-state index >= 15 is 0 Å². The Morgan fingerprint density at radius 1 is 1.16 bits per heavy atom. The van der Waals surface area contributed by atoms with Gasteiger partial charge in [-0.2, -0.15) is 0 Å². The van der Waals surface area contributed by atoms with Crippen molar-refractivity contribution >= 4 is 17.7 Å². The summed E-state index contributed by atoms with van der Waals surface area (Å²) < 4.78 is 1.99. The molecule has 1 aliphatic heterocycles. The van der Waals surface area contributed by atoms with Crippen LogP contribution in [0.2, 0.25) is 0 Å². The van der Waals surface area contributed by atoms with E-state index < -0.39 is 0 Å². The molecule has 2 aromatic rings. The fourth-order valence-corrected chi connectivity index (χ4v) is 4.32. The average Bonchev–Trinajstić information content (AvgIpc) is 2.93. The topological polar surface area (TPSA) is 51.0 Å². The highest BCUT2D eigenvalue weighted by atomic mass is 32.2. The lowest BCUT2D eigenvalue weighted by Gasteiger charge is -2.34. The van der Waals surface area contributed by atoms with Crippen molar-refractivity contribution in [3.05, 3.63) is 41.7 Å². The number of nitrogens with zero attached hydrogens (tertiary/aromatic N) is 4. The fourth-order valence-electron chi connectivity index (χ4n) is 3.49. The third-order valence-corrected chi connectivity index (χ3v) is 5.68. The normalized spacial score (nSPS) is 20.7. The summed E-state index contributed by atoms with van der Waals surface area (Å²) in [5.41, 5.74) is 1.21. The minimum Gasteiger partial charge on any atom is -0.341 e. The number of amides is 1. The first kappa shape index (κ1) is 18.0. The SMILES string of the molecule is C[C@@H]1C[C@H](C)CN(C(=O)CSc2nnc(Cc3ccccc3)n2C)C1. The van der Waals surface area contributed by atoms with Crippen LogP contribution in [0.4, 0.5) is 0 Å². The van der Waals surface area contributed by atoms with E-state index in [1.54, 1.807) is 0 Å². The molecule has 25 heavy (non-hydrogen) atoms. The monoisotopic (exact) mass is 358 g/mol. The van der Waals surface area contributed by atoms with Gasteiger partial charge in [-0.3, -0.25) is 4.79 Å². The molecule has 1 amide bonds. The second-order valence-electron chi connectivity index (χ2n) is 7.15. The molecule has 1 aromatic heterocycles. The maximum Gasteiger partial charge on any atom is 0.233 e. The highest BCUT2D eigenvalue weighted by molar-refractivity contribution is 7.99. The van der Waals surface area contributed by atoms with Gasteiger partial charge in [0.15, 0.2) is 5.16 Å². The molecule has 0 spiro atoms. The van der Waals surface area contributed by atoms with Crippen LogP contribution in [0.15, 0.2) is 35.5 Å². The first-order valence-corrected chi connectivity index (χ1v) is 9.84. The van der Waals surface area contributed by atoms with Gasteiger partial charge < -0.3 is 9.47 Å². The number of rotatable bonds is 5. The zero-order valence-corrected chi connectivity index (χ0v) is 16.0. The number of likely N-dealkylation sites (tertiary alicyclic amines) is 1. The molecule has 0 N–H and O–H groups in total. The van der Waals surface area contributed by atoms with E-state index in [4.69, 9.17) is 0 Å². The van der Waals surface area contributed by atoms with Gasteiger partial charge in [0.05, 0.1) is 5.75 Å². The minimum absolute atomic E-state index is 0.205. The molecular weight excluding hydrogens is 332 g/mol. The zero-order valence-electron chi connectivity index (χ0n) is 15.2. The van der Waals surface area contributed by atoms with Gasteiger partial charge in [0.2, 0.25) is 5.91 Å². The fraction of sp³-hybridized carbons (Fsp3) is 0.526. The lowest BCUT2D eigenvalue weighted by Crippen LogP contribution is -2.43. The summed E-state index contributed by atoms with van der Waals surface area (Å²) in [5, 5.41) is 9.36. The van der Waals surface area contributed by atoms with Crippen molar-refractivity contribution in [3.63, 3.8) is 0 Å². The van der Waals surface area contributed by atoms with Gasteiger partial charge in [-0.1, -0.05) is 55.9 Å². The molecule has 0 radical (unpaired) electrons. The van der Waals surface area contributed by atoms with E-state index in [-0.39, 0.29) is 5.91 Å². The highest BCUT2D eigenvalue weighted by Crippen LogP contribution is 2.23. The molecule has 3 rings (SSSR count). The van der Waals surface area contributed by atoms with Crippen LogP contribution in [-0.4, -0.2) is 44.4 Å². The highest BCUT2D eigenvalue weighted by Gasteiger charge is 2.25. The zero-order chi connectivity index (χ0) is 17.8. The van der Waals surface area contributed by atoms with Crippen LogP contribution < -0.4 is 0 Å². The Hall–Kier alpha value is -1.82. The number of benzene rings is 1. The first-order chi connectivity index (χ1) is 12.0. The number of carbonyl (C=O) groups is 1. The van der Waals surface area contributed by atoms with Gasteiger partial charge >= 0.3 is 0 Å². The summed E-state index contributed by atoms with van der Waals surface area (Å²) in [6, 6.07) is 10.2. The summed E-state index contributed by atoms with van der Waals surface area (Å²) in [6.45, 7) is 6.20. The summed E-state index contributed by atoms with van der Waals surface area (Å²) in [4.78, 5) is 14.5. The largest absolute Gasteiger partial charge is 0.341 e. The Labute approximate surface area is 153 Å². The molecule has 1 saturated heterocycles. The third-order valence-electron chi connectivity index (χ3n) is 4.68. The second kappa shape index (κ2) is 8.04. The standard InChI is InChI=1S/C19H26N4OS/c1-14-9-15(2)12-23(11-14)18(24)13-25-19-21-20-17(22(19)3)10-16-7-5-4-6-8-16/h4-8,14-15H,9-13H2,1-3H3/t14-,15+. The Morgan fingerprint density at radius 2 is 1.84 bits per heavy atom. The number of piperidine rings is 1. The summed E-state index contributed by atoms with van der Waals surface area (Å²) in [6.07, 6.45) is 1.96. The van der Waals surface area contributed by atoms with Crippen LogP contribution in [0.5, 0.6) is 0 Å². The first-order valence-electron chi connectivity index (χ1n) is 8.85. The Kier molecular flexibility index (Phi) is 5.78. The van der Waals surface area contributed by atoms with E-state index in [1.165, 1.54) is 23.7 Å². The number of hydrogen-bond donors (Lipinski definition) is 0. The predicted molar refractivity (Wildman–Crippen MR) is 101 cm³/mol. The molecule has 1 aliphatic rings. The molecule has 1 fully saturated rings. The Morgan fingerprint density at radius 3 is 2.52 bits per heavy atom. The molecule has 0 unspecified atom stereocenters. The molecule has 6 heteroatoms. The van der Waals surface area contributed by atoms with Crippen molar-refractivity contribution in [2.45, 2.75) is 31.8 Å². The molecule has 0 bridgehead atoms. The van der Waals surface area contributed by atoms with E-state index in [1.807, 2.05) is 34.7 Å². The smallest absolute Gasteiger partial charge is 0.233 e. The molecule has 2 atom stereocenters. The van der Waals surface area contributed by atoms with Gasteiger partial charge in [0.1, 0.15) is 5.82 Å². The third kappa shape index (κ3) is 4.63. The van der Waals surface area contributed by atoms with Crippen molar-refractivity contribution < 1.29 is 4.79 Å². The average molecular weight is 359 g/mol. The van der Waals surface area contributed by atoms with E-state index in [0.29, 0.717) is 17.6 Å². The van der Waals surface area contributed by atoms with Crippen LogP contribution >= 0.6 is 11.8 Å². The van der Waals surface area contributed by atoms with Crippen LogP contribution in [0, 0.1) is 11.8 Å². The van der Waals surface area contributed by atoms with E-state index in [2.05, 4.69) is 36.2 Å². The van der Waals surface area contributed by atoms with E-state index in [9.17, 15) is 4.79 Å². The molecule has 1 aromatic carbocycles. The van der Waals surface area contributed by atoms with Crippen molar-refractivity contribution in [2.24, 2.45) is 18.9 Å². The number of aromatic nitrogens is 3. The van der Waals surface area contributed by atoms with Crippen LogP contribution in [0.1, 0.15) is 31.7 Å². The molecule has 134 valence electrons. The number of carbonyl (C=O) groups excluding carboxylic acids is 1. The quantitative estimate of drug-likeness (QED) is 0.771. The maximum absolute atomic E-state index is 12.5. The van der Waals surface area contributed by atoms with Gasteiger partial charge in [-0.25, -0.2) is 0 Å². The van der Waals surface area contributed by atoms with Crippen molar-refractivity contribution in [1.29, 1.82) is 0 Å². The van der Waals surface area contributed by atoms with Crippen molar-refractivity contribution in [2.75, 3.05) is 18.8 Å². The summed E-state index contributed by atoms with van der Waals surface area (Å²) >= 11 is 1.48. The molecule has 5 nitrogen and oxygen atoms in total. The van der Waals surface area contributed by atoms with Crippen molar-refractivity contribution in [3.8, 4) is 0 Å². The molecule has 0 aliphatic carbocycles. The van der Waals surface area contributed by atoms with Crippen molar-refractivity contribution in [1.82, 2.24) is 19.7 Å². The second-order valence-corrected chi connectivity index (χ2v) is 8.10. The Balaban J connectivity index is 1.57. The van der Waals surface area contributed by atoms with Gasteiger partial charge in [-0.15, -0.1) is 10.2 Å². The number of thioether (sulfide) groups is 1. The molecule has 0 saturated carbocycles. The van der Waals surface area contributed by atoms with Gasteiger partial charge in [0.25, 0.3) is 0 Å². The minimum atomic E-state index is 0.205. The lowest BCUT2D eigenvalue weighted by molar-refractivity contribution is -0.130. The summed E-state index contributed by atoms with van der Waals surface area (Å²) in [7, 11) is 1.97. The lowest BCUT2D eigenvalue weighted by atomic mass is 9.92. The maximum atomic E-state index is 12.5. The Bertz CT molecular complexity index is 705. The van der Waals surface area contributed by atoms with E-state index in [0.717, 1.165) is 30.5 Å². The van der Waals surface area contributed by atoms with Crippen LogP contribution in [-0.2, 0) is 18.3 Å². The van der Waals surface area contributed by atoms with Gasteiger partial charge in [0, 0.05) is 26.6 Å². The number of hydrogen-bond acceptors (Lipinski definition) is 4. The summed E-state index contributed by atoms with van der Waals surface area (Å²) in [5.74, 6) is 2.73. The van der Waals surface area contributed by atoms with Crippen LogP contribution in [0.3, 0.4) is 0 Å². The molecule has 2 heterocycles. The molecular formula is C19H26N4OS. The van der Waals surface area contributed by atoms with Gasteiger partial charge in [-0.05, 0) is 23.8 Å².